The fourth-order valence-electron chi connectivity index (χ4n) is 5.96. The van der Waals surface area contributed by atoms with E-state index in [-0.39, 0.29) is 25.5 Å². The number of imide groups is 1. The van der Waals surface area contributed by atoms with Crippen molar-refractivity contribution in [3.63, 3.8) is 0 Å². The van der Waals surface area contributed by atoms with Gasteiger partial charge < -0.3 is 14.8 Å². The molecule has 3 aromatic carbocycles. The average molecular weight is 676 g/mol. The normalized spacial score (nSPS) is 15.2. The molecule has 1 fully saturated rings. The van der Waals surface area contributed by atoms with Crippen LogP contribution in [0.1, 0.15) is 94.0 Å². The number of rotatable bonds is 22. The van der Waals surface area contributed by atoms with Crippen LogP contribution in [0.15, 0.2) is 78.9 Å². The van der Waals surface area contributed by atoms with Gasteiger partial charge in [0, 0.05) is 23.7 Å². The van der Waals surface area contributed by atoms with Crippen LogP contribution in [0.5, 0.6) is 5.75 Å². The molecule has 3 amide bonds. The number of urea groups is 1. The van der Waals surface area contributed by atoms with Gasteiger partial charge >= 0.3 is 6.03 Å². The first-order chi connectivity index (χ1) is 23.4. The highest BCUT2D eigenvalue weighted by Gasteiger charge is 2.50. The summed E-state index contributed by atoms with van der Waals surface area (Å²) in [5.41, 5.74) is 1.82. The number of carbonyl (C=O) groups excluding carboxylic acids is 3. The van der Waals surface area contributed by atoms with E-state index in [2.05, 4.69) is 12.2 Å². The Morgan fingerprint density at radius 3 is 2.10 bits per heavy atom. The summed E-state index contributed by atoms with van der Waals surface area (Å²) in [7, 11) is 0. The smallest absolute Gasteiger partial charge is 0.330 e. The van der Waals surface area contributed by atoms with Crippen LogP contribution in [0, 0.1) is 0 Å². The van der Waals surface area contributed by atoms with E-state index in [0.717, 1.165) is 23.3 Å². The lowest BCUT2D eigenvalue weighted by Gasteiger charge is -2.26. The summed E-state index contributed by atoms with van der Waals surface area (Å²) in [5, 5.41) is 3.78. The van der Waals surface area contributed by atoms with Crippen molar-refractivity contribution in [1.29, 1.82) is 0 Å². The number of unbranched alkanes of at least 4 members (excludes halogenated alkanes) is 9. The van der Waals surface area contributed by atoms with Crippen molar-refractivity contribution in [2.75, 3.05) is 25.1 Å². The van der Waals surface area contributed by atoms with E-state index in [1.165, 1.54) is 56.3 Å². The van der Waals surface area contributed by atoms with Gasteiger partial charge in [-0.05, 0) is 37.1 Å². The molecule has 2 unspecified atom stereocenters. The molecule has 1 heterocycles. The second-order valence-electron chi connectivity index (χ2n) is 12.2. The third-order valence-corrected chi connectivity index (χ3v) is 8.79. The molecule has 0 spiro atoms. The van der Waals surface area contributed by atoms with Gasteiger partial charge in [0.15, 0.2) is 5.78 Å². The Bertz CT molecular complexity index is 1440. The maximum absolute atomic E-state index is 14.0. The van der Waals surface area contributed by atoms with Gasteiger partial charge in [-0.1, -0.05) is 137 Å². The molecule has 1 saturated heterocycles. The van der Waals surface area contributed by atoms with E-state index in [9.17, 15) is 14.4 Å². The number of halogens is 1. The van der Waals surface area contributed by atoms with Crippen molar-refractivity contribution in [3.05, 3.63) is 95.0 Å². The van der Waals surface area contributed by atoms with Gasteiger partial charge in [-0.3, -0.25) is 14.5 Å². The third kappa shape index (κ3) is 10.6. The molecule has 0 radical (unpaired) electrons. The summed E-state index contributed by atoms with van der Waals surface area (Å²) in [6.07, 6.45) is 11.2. The second-order valence-corrected chi connectivity index (χ2v) is 12.6. The number of ether oxygens (including phenoxy) is 2. The SMILES string of the molecule is CCCCCCCCCCCCOc1ccc(Cl)cc1NCC(C(=O)c1ccccc1)N1C(=O)C(OCC)N(Cc2ccccc2)C1=O. The number of hydrogen-bond donors (Lipinski definition) is 1. The van der Waals surface area contributed by atoms with E-state index in [1.54, 1.807) is 49.4 Å². The van der Waals surface area contributed by atoms with Crippen LogP contribution in [0.3, 0.4) is 0 Å². The molecule has 48 heavy (non-hydrogen) atoms. The second kappa shape index (κ2) is 19.8. The first-order valence-electron chi connectivity index (χ1n) is 17.5. The summed E-state index contributed by atoms with van der Waals surface area (Å²) in [4.78, 5) is 44.3. The van der Waals surface area contributed by atoms with E-state index in [4.69, 9.17) is 21.1 Å². The number of carbonyl (C=O) groups is 3. The van der Waals surface area contributed by atoms with Gasteiger partial charge in [0.25, 0.3) is 5.91 Å². The topological polar surface area (TPSA) is 88.2 Å². The van der Waals surface area contributed by atoms with Gasteiger partial charge in [-0.15, -0.1) is 0 Å². The summed E-state index contributed by atoms with van der Waals surface area (Å²) in [6.45, 7) is 4.90. The van der Waals surface area contributed by atoms with Crippen LogP contribution in [-0.2, 0) is 16.1 Å². The number of benzene rings is 3. The monoisotopic (exact) mass is 675 g/mol. The van der Waals surface area contributed by atoms with Gasteiger partial charge in [-0.2, -0.15) is 0 Å². The first-order valence-corrected chi connectivity index (χ1v) is 17.9. The van der Waals surface area contributed by atoms with Crippen molar-refractivity contribution >= 4 is 35.0 Å². The number of hydrogen-bond acceptors (Lipinski definition) is 6. The number of nitrogens with zero attached hydrogens (tertiary/aromatic N) is 2. The number of amides is 3. The molecular formula is C39H50ClN3O5. The van der Waals surface area contributed by atoms with Crippen LogP contribution in [0.4, 0.5) is 10.5 Å². The van der Waals surface area contributed by atoms with Crippen molar-refractivity contribution in [2.24, 2.45) is 0 Å². The number of nitrogens with one attached hydrogen (secondary N) is 1. The molecular weight excluding hydrogens is 626 g/mol. The van der Waals surface area contributed by atoms with Crippen LogP contribution in [0.25, 0.3) is 0 Å². The zero-order chi connectivity index (χ0) is 34.1. The predicted octanol–water partition coefficient (Wildman–Crippen LogP) is 9.13. The average Bonchev–Trinajstić information content (AvgIpc) is 3.32. The van der Waals surface area contributed by atoms with E-state index >= 15 is 0 Å². The highest BCUT2D eigenvalue weighted by molar-refractivity contribution is 6.31. The maximum atomic E-state index is 14.0. The minimum atomic E-state index is -1.15. The van der Waals surface area contributed by atoms with E-state index < -0.39 is 24.2 Å². The van der Waals surface area contributed by atoms with Crippen LogP contribution in [-0.4, -0.2) is 59.5 Å². The Morgan fingerprint density at radius 1 is 0.833 bits per heavy atom. The number of ketones is 1. The van der Waals surface area contributed by atoms with Crippen molar-refractivity contribution < 1.29 is 23.9 Å². The Kier molecular flexibility index (Phi) is 15.3. The standard InChI is InChI=1S/C39H50ClN3O5/c1-3-5-6-7-8-9-10-11-12-19-26-48-35-25-24-32(40)27-33(35)41-28-34(36(44)31-22-17-14-18-23-31)43-37(45)38(47-4-2)42(39(43)46)29-30-20-15-13-16-21-30/h13-18,20-25,27,34,38,41H,3-12,19,26,28-29H2,1-2H3. The Labute approximate surface area is 290 Å². The molecule has 3 aromatic rings. The Hall–Kier alpha value is -3.88. The molecule has 1 aliphatic heterocycles. The third-order valence-electron chi connectivity index (χ3n) is 8.56. The highest BCUT2D eigenvalue weighted by Crippen LogP contribution is 2.30. The lowest BCUT2D eigenvalue weighted by atomic mass is 10.0. The molecule has 258 valence electrons. The van der Waals surface area contributed by atoms with Crippen LogP contribution < -0.4 is 10.1 Å². The van der Waals surface area contributed by atoms with Gasteiger partial charge in [0.05, 0.1) is 18.8 Å². The molecule has 0 saturated carbocycles. The zero-order valence-corrected chi connectivity index (χ0v) is 29.1. The van der Waals surface area contributed by atoms with Crippen molar-refractivity contribution in [2.45, 2.75) is 96.9 Å². The summed E-state index contributed by atoms with van der Waals surface area (Å²) in [5.74, 6) is -0.341. The molecule has 2 atom stereocenters. The van der Waals surface area contributed by atoms with E-state index in [0.29, 0.717) is 28.6 Å². The number of anilines is 1. The van der Waals surface area contributed by atoms with Crippen molar-refractivity contribution in [3.8, 4) is 5.75 Å². The fourth-order valence-corrected chi connectivity index (χ4v) is 6.13. The molecule has 4 rings (SSSR count). The predicted molar refractivity (Wildman–Crippen MR) is 191 cm³/mol. The van der Waals surface area contributed by atoms with Crippen LogP contribution >= 0.6 is 11.6 Å². The summed E-state index contributed by atoms with van der Waals surface area (Å²) >= 11 is 6.38. The molecule has 0 aromatic heterocycles. The maximum Gasteiger partial charge on any atom is 0.330 e. The Balaban J connectivity index is 1.45. The quantitative estimate of drug-likeness (QED) is 0.0649. The van der Waals surface area contributed by atoms with Gasteiger partial charge in [0.1, 0.15) is 11.8 Å². The van der Waals surface area contributed by atoms with Crippen LogP contribution in [0.2, 0.25) is 5.02 Å². The van der Waals surface area contributed by atoms with Gasteiger partial charge in [0.2, 0.25) is 6.23 Å². The molecule has 0 bridgehead atoms. The molecule has 1 aliphatic rings. The van der Waals surface area contributed by atoms with Crippen molar-refractivity contribution in [1.82, 2.24) is 9.80 Å². The molecule has 8 nitrogen and oxygen atoms in total. The molecule has 0 aliphatic carbocycles. The lowest BCUT2D eigenvalue weighted by Crippen LogP contribution is -2.49. The molecule has 9 heteroatoms. The van der Waals surface area contributed by atoms with Gasteiger partial charge in [-0.25, -0.2) is 9.69 Å². The number of Topliss-reactive ketones (excluding diaryl/α,β-unsaturated/α-hetero) is 1. The minimum absolute atomic E-state index is 0.0435. The Morgan fingerprint density at radius 2 is 1.46 bits per heavy atom. The lowest BCUT2D eigenvalue weighted by molar-refractivity contribution is -0.142. The fraction of sp³-hybridized carbons (Fsp3) is 0.462. The summed E-state index contributed by atoms with van der Waals surface area (Å²) in [6, 6.07) is 21.7. The first kappa shape index (κ1) is 36.9. The summed E-state index contributed by atoms with van der Waals surface area (Å²) < 4.78 is 11.9. The largest absolute Gasteiger partial charge is 0.491 e. The zero-order valence-electron chi connectivity index (χ0n) is 28.4. The minimum Gasteiger partial charge on any atom is -0.491 e. The highest BCUT2D eigenvalue weighted by atomic mass is 35.5. The molecule has 1 N–H and O–H groups in total. The van der Waals surface area contributed by atoms with E-state index in [1.807, 2.05) is 36.4 Å².